The molecule has 0 aliphatic rings. The molecule has 0 spiro atoms. The quantitative estimate of drug-likeness (QED) is 0.429. The summed E-state index contributed by atoms with van der Waals surface area (Å²) in [6, 6.07) is 16.6. The van der Waals surface area contributed by atoms with Crippen LogP contribution in [-0.4, -0.2) is 12.5 Å². The van der Waals surface area contributed by atoms with Gasteiger partial charge in [-0.1, -0.05) is 45.7 Å². The van der Waals surface area contributed by atoms with Gasteiger partial charge < -0.3 is 10.6 Å². The number of hydrogen-bond acceptors (Lipinski definition) is 3. The van der Waals surface area contributed by atoms with Gasteiger partial charge in [0, 0.05) is 27.9 Å². The molecule has 0 saturated carbocycles. The van der Waals surface area contributed by atoms with E-state index in [0.29, 0.717) is 17.3 Å². The maximum absolute atomic E-state index is 12.1. The molecule has 2 aromatic rings. The van der Waals surface area contributed by atoms with Crippen molar-refractivity contribution in [3.05, 3.63) is 75.4 Å². The van der Waals surface area contributed by atoms with Gasteiger partial charge in [0.2, 0.25) is 0 Å². The van der Waals surface area contributed by atoms with E-state index in [0.717, 1.165) is 16.5 Å². The van der Waals surface area contributed by atoms with Crippen LogP contribution in [0.25, 0.3) is 0 Å². The van der Waals surface area contributed by atoms with Crippen LogP contribution < -0.4 is 10.6 Å². The standard InChI is InChI=1S/C18H15BrClN3O/c19-15-4-1-3-13(9-15)7-8-22-12-14(11-21)18(24)23-17-6-2-5-16(20)10-17/h1-6,9-10,12,22H,7-8H2,(H,23,24)/b14-12-. The van der Waals surface area contributed by atoms with E-state index in [4.69, 9.17) is 16.9 Å². The predicted octanol–water partition coefficient (Wildman–Crippen LogP) is 4.28. The van der Waals surface area contributed by atoms with Gasteiger partial charge in [-0.15, -0.1) is 0 Å². The Balaban J connectivity index is 1.89. The molecule has 6 heteroatoms. The van der Waals surface area contributed by atoms with Gasteiger partial charge >= 0.3 is 0 Å². The van der Waals surface area contributed by atoms with Crippen molar-refractivity contribution in [2.24, 2.45) is 0 Å². The molecule has 0 bridgehead atoms. The van der Waals surface area contributed by atoms with E-state index in [-0.39, 0.29) is 5.57 Å². The van der Waals surface area contributed by atoms with Crippen LogP contribution in [0.1, 0.15) is 5.56 Å². The van der Waals surface area contributed by atoms with Gasteiger partial charge in [-0.3, -0.25) is 4.79 Å². The van der Waals surface area contributed by atoms with Crippen molar-refractivity contribution in [2.75, 3.05) is 11.9 Å². The summed E-state index contributed by atoms with van der Waals surface area (Å²) in [5, 5.41) is 15.3. The summed E-state index contributed by atoms with van der Waals surface area (Å²) in [5.74, 6) is -0.477. The van der Waals surface area contributed by atoms with Crippen LogP contribution in [0.3, 0.4) is 0 Å². The van der Waals surface area contributed by atoms with Crippen LogP contribution >= 0.6 is 27.5 Å². The van der Waals surface area contributed by atoms with Crippen LogP contribution in [0.5, 0.6) is 0 Å². The monoisotopic (exact) mass is 403 g/mol. The fourth-order valence-corrected chi connectivity index (χ4v) is 2.63. The Kier molecular flexibility index (Phi) is 6.86. The van der Waals surface area contributed by atoms with Crippen LogP contribution in [0, 0.1) is 11.3 Å². The average Bonchev–Trinajstić information content (AvgIpc) is 2.55. The lowest BCUT2D eigenvalue weighted by Gasteiger charge is -2.06. The van der Waals surface area contributed by atoms with Crippen LogP contribution in [-0.2, 0) is 11.2 Å². The Labute approximate surface area is 154 Å². The number of nitrogens with zero attached hydrogens (tertiary/aromatic N) is 1. The van der Waals surface area contributed by atoms with Gasteiger partial charge in [-0.2, -0.15) is 5.26 Å². The van der Waals surface area contributed by atoms with E-state index in [9.17, 15) is 4.79 Å². The molecule has 4 nitrogen and oxygen atoms in total. The second-order valence-electron chi connectivity index (χ2n) is 4.97. The first-order valence-corrected chi connectivity index (χ1v) is 8.40. The lowest BCUT2D eigenvalue weighted by Crippen LogP contribution is -2.18. The van der Waals surface area contributed by atoms with Crippen molar-refractivity contribution in [1.82, 2.24) is 5.32 Å². The summed E-state index contributed by atoms with van der Waals surface area (Å²) in [5.41, 5.74) is 1.71. The second kappa shape index (κ2) is 9.11. The molecule has 0 fully saturated rings. The third-order valence-corrected chi connectivity index (χ3v) is 3.87. The molecule has 1 amide bonds. The van der Waals surface area contributed by atoms with E-state index in [1.807, 2.05) is 30.3 Å². The van der Waals surface area contributed by atoms with Gasteiger partial charge in [0.25, 0.3) is 5.91 Å². The van der Waals surface area contributed by atoms with E-state index in [1.165, 1.54) is 6.20 Å². The number of amides is 1. The minimum absolute atomic E-state index is 0.00391. The zero-order chi connectivity index (χ0) is 17.4. The van der Waals surface area contributed by atoms with E-state index in [2.05, 4.69) is 26.6 Å². The van der Waals surface area contributed by atoms with Crippen molar-refractivity contribution in [1.29, 1.82) is 5.26 Å². The summed E-state index contributed by atoms with van der Waals surface area (Å²) >= 11 is 9.29. The third-order valence-electron chi connectivity index (χ3n) is 3.14. The first kappa shape index (κ1) is 18.1. The molecule has 0 saturated heterocycles. The topological polar surface area (TPSA) is 64.9 Å². The maximum atomic E-state index is 12.1. The third kappa shape index (κ3) is 5.73. The molecule has 24 heavy (non-hydrogen) atoms. The summed E-state index contributed by atoms with van der Waals surface area (Å²) in [6.45, 7) is 0.617. The molecule has 0 atom stereocenters. The van der Waals surface area contributed by atoms with Crippen molar-refractivity contribution in [3.63, 3.8) is 0 Å². The molecule has 0 unspecified atom stereocenters. The zero-order valence-corrected chi connectivity index (χ0v) is 15.1. The molecule has 0 aliphatic heterocycles. The van der Waals surface area contributed by atoms with Crippen LogP contribution in [0.4, 0.5) is 5.69 Å². The van der Waals surface area contributed by atoms with E-state index in [1.54, 1.807) is 24.3 Å². The molecule has 2 rings (SSSR count). The van der Waals surface area contributed by atoms with E-state index >= 15 is 0 Å². The fraction of sp³-hybridized carbons (Fsp3) is 0.111. The number of anilines is 1. The smallest absolute Gasteiger partial charge is 0.267 e. The maximum Gasteiger partial charge on any atom is 0.267 e. The molecule has 0 heterocycles. The molecule has 2 N–H and O–H groups in total. The molecule has 0 aromatic heterocycles. The normalized spacial score (nSPS) is 10.8. The molecule has 2 aromatic carbocycles. The Morgan fingerprint density at radius 3 is 2.75 bits per heavy atom. The van der Waals surface area contributed by atoms with E-state index < -0.39 is 5.91 Å². The minimum Gasteiger partial charge on any atom is -0.389 e. The van der Waals surface area contributed by atoms with Gasteiger partial charge in [-0.25, -0.2) is 0 Å². The Morgan fingerprint density at radius 1 is 1.25 bits per heavy atom. The summed E-state index contributed by atoms with van der Waals surface area (Å²) in [6.07, 6.45) is 2.21. The highest BCUT2D eigenvalue weighted by Crippen LogP contribution is 2.15. The summed E-state index contributed by atoms with van der Waals surface area (Å²) < 4.78 is 1.02. The van der Waals surface area contributed by atoms with Crippen molar-refractivity contribution < 1.29 is 4.79 Å². The SMILES string of the molecule is N#C/C(=C/NCCc1cccc(Br)c1)C(=O)Nc1cccc(Cl)c1. The lowest BCUT2D eigenvalue weighted by molar-refractivity contribution is -0.112. The molecule has 0 aliphatic carbocycles. The number of benzene rings is 2. The Bertz CT molecular complexity index is 799. The van der Waals surface area contributed by atoms with Crippen molar-refractivity contribution in [2.45, 2.75) is 6.42 Å². The number of rotatable bonds is 6. The summed E-state index contributed by atoms with van der Waals surface area (Å²) in [4.78, 5) is 12.1. The average molecular weight is 405 g/mol. The first-order valence-electron chi connectivity index (χ1n) is 7.23. The highest BCUT2D eigenvalue weighted by molar-refractivity contribution is 9.10. The molecule has 0 radical (unpaired) electrons. The first-order chi connectivity index (χ1) is 11.6. The van der Waals surface area contributed by atoms with Crippen molar-refractivity contribution >= 4 is 39.1 Å². The lowest BCUT2D eigenvalue weighted by atomic mass is 10.1. The van der Waals surface area contributed by atoms with Crippen molar-refractivity contribution in [3.8, 4) is 6.07 Å². The summed E-state index contributed by atoms with van der Waals surface area (Å²) in [7, 11) is 0. The largest absolute Gasteiger partial charge is 0.389 e. The van der Waals surface area contributed by atoms with Gasteiger partial charge in [-0.05, 0) is 42.3 Å². The Hall–Kier alpha value is -2.29. The number of nitrogens with one attached hydrogen (secondary N) is 2. The zero-order valence-electron chi connectivity index (χ0n) is 12.7. The molecular formula is C18H15BrClN3O. The molecule has 122 valence electrons. The number of carbonyl (C=O) groups excluding carboxylic acids is 1. The number of carbonyl (C=O) groups is 1. The van der Waals surface area contributed by atoms with Crippen LogP contribution in [0.2, 0.25) is 5.02 Å². The van der Waals surface area contributed by atoms with Gasteiger partial charge in [0.15, 0.2) is 0 Å². The van der Waals surface area contributed by atoms with Gasteiger partial charge in [0.1, 0.15) is 11.6 Å². The highest BCUT2D eigenvalue weighted by Gasteiger charge is 2.09. The van der Waals surface area contributed by atoms with Crippen LogP contribution in [0.15, 0.2) is 64.8 Å². The van der Waals surface area contributed by atoms with Gasteiger partial charge in [0.05, 0.1) is 0 Å². The number of halogens is 2. The predicted molar refractivity (Wildman–Crippen MR) is 99.6 cm³/mol. The number of nitriles is 1. The second-order valence-corrected chi connectivity index (χ2v) is 6.32. The molecular weight excluding hydrogens is 390 g/mol. The minimum atomic E-state index is -0.477. The Morgan fingerprint density at radius 2 is 2.04 bits per heavy atom. The highest BCUT2D eigenvalue weighted by atomic mass is 79.9. The number of hydrogen-bond donors (Lipinski definition) is 2. The fourth-order valence-electron chi connectivity index (χ4n) is 2.00.